The van der Waals surface area contributed by atoms with E-state index >= 15 is 0 Å². The van der Waals surface area contributed by atoms with Crippen molar-refractivity contribution in [1.82, 2.24) is 5.32 Å². The van der Waals surface area contributed by atoms with Gasteiger partial charge in [-0.25, -0.2) is 4.39 Å². The second kappa shape index (κ2) is 6.64. The van der Waals surface area contributed by atoms with Crippen LogP contribution in [0.3, 0.4) is 0 Å². The Morgan fingerprint density at radius 1 is 1.29 bits per heavy atom. The van der Waals surface area contributed by atoms with Gasteiger partial charge < -0.3 is 5.73 Å². The summed E-state index contributed by atoms with van der Waals surface area (Å²) < 4.78 is 13.3. The van der Waals surface area contributed by atoms with Gasteiger partial charge >= 0.3 is 0 Å². The smallest absolute Gasteiger partial charge is 0.239 e. The summed E-state index contributed by atoms with van der Waals surface area (Å²) in [5, 5.41) is 11.9. The highest BCUT2D eigenvalue weighted by molar-refractivity contribution is 5.81. The number of rotatable bonds is 5. The fourth-order valence-electron chi connectivity index (χ4n) is 2.01. The number of nitrogens with one attached hydrogen (secondary N) is 1. The second-order valence-electron chi connectivity index (χ2n) is 4.55. The molecule has 1 atom stereocenters. The van der Waals surface area contributed by atoms with Crippen molar-refractivity contribution in [3.63, 3.8) is 0 Å². The van der Waals surface area contributed by atoms with Crippen molar-refractivity contribution in [2.45, 2.75) is 12.6 Å². The summed E-state index contributed by atoms with van der Waals surface area (Å²) in [6, 6.07) is 14.4. The van der Waals surface area contributed by atoms with Crippen molar-refractivity contribution in [3.05, 3.63) is 71.0 Å². The fraction of sp³-hybridized carbons (Fsp3) is 0.125. The number of nitrogens with two attached hydrogens (primary N) is 1. The minimum atomic E-state index is -0.780. The number of amides is 1. The van der Waals surface area contributed by atoms with Crippen molar-refractivity contribution in [1.29, 1.82) is 5.26 Å². The molecule has 2 aromatic rings. The molecule has 0 aliphatic carbocycles. The zero-order valence-corrected chi connectivity index (χ0v) is 11.2. The molecule has 0 spiro atoms. The van der Waals surface area contributed by atoms with Crippen LogP contribution in [0.4, 0.5) is 4.39 Å². The number of halogens is 1. The lowest BCUT2D eigenvalue weighted by atomic mass is 10.0. The molecule has 1 amide bonds. The summed E-state index contributed by atoms with van der Waals surface area (Å²) >= 11 is 0. The minimum Gasteiger partial charge on any atom is -0.368 e. The van der Waals surface area contributed by atoms with Crippen LogP contribution in [-0.2, 0) is 11.3 Å². The summed E-state index contributed by atoms with van der Waals surface area (Å²) in [4.78, 5) is 11.6. The Kier molecular flexibility index (Phi) is 4.64. The van der Waals surface area contributed by atoms with Gasteiger partial charge in [-0.3, -0.25) is 10.1 Å². The summed E-state index contributed by atoms with van der Waals surface area (Å²) in [6.07, 6.45) is 0. The molecule has 0 aliphatic rings. The van der Waals surface area contributed by atoms with Crippen LogP contribution in [0.15, 0.2) is 48.5 Å². The van der Waals surface area contributed by atoms with Gasteiger partial charge in [-0.05, 0) is 23.3 Å². The summed E-state index contributed by atoms with van der Waals surface area (Å²) in [6.45, 7) is 0.438. The third-order valence-electron chi connectivity index (χ3n) is 3.08. The summed E-state index contributed by atoms with van der Waals surface area (Å²) in [5.74, 6) is -1.20. The lowest BCUT2D eigenvalue weighted by molar-refractivity contribution is -0.120. The largest absolute Gasteiger partial charge is 0.368 e. The average molecular weight is 283 g/mol. The summed E-state index contributed by atoms with van der Waals surface area (Å²) in [7, 11) is 0. The maximum atomic E-state index is 13.3. The molecule has 21 heavy (non-hydrogen) atoms. The Morgan fingerprint density at radius 3 is 2.62 bits per heavy atom. The SMILES string of the molecule is N#Cc1cc(C(NCc2ccccc2)C(N)=O)ccc1F. The van der Waals surface area contributed by atoms with Crippen LogP contribution in [0, 0.1) is 17.1 Å². The van der Waals surface area contributed by atoms with Crippen LogP contribution < -0.4 is 11.1 Å². The van der Waals surface area contributed by atoms with E-state index in [1.165, 1.54) is 12.1 Å². The van der Waals surface area contributed by atoms with Gasteiger partial charge in [0.1, 0.15) is 17.9 Å². The van der Waals surface area contributed by atoms with Crippen LogP contribution in [0.2, 0.25) is 0 Å². The van der Waals surface area contributed by atoms with Crippen LogP contribution in [-0.4, -0.2) is 5.91 Å². The molecule has 0 aromatic heterocycles. The van der Waals surface area contributed by atoms with E-state index in [9.17, 15) is 9.18 Å². The number of carbonyl (C=O) groups excluding carboxylic acids is 1. The predicted octanol–water partition coefficient (Wildman–Crippen LogP) is 2.01. The number of nitrogens with zero attached hydrogens (tertiary/aromatic N) is 1. The Hall–Kier alpha value is -2.71. The van der Waals surface area contributed by atoms with Gasteiger partial charge in [0.2, 0.25) is 5.91 Å². The molecule has 0 fully saturated rings. The molecule has 1 unspecified atom stereocenters. The first kappa shape index (κ1) is 14.7. The van der Waals surface area contributed by atoms with Crippen molar-refractivity contribution in [2.24, 2.45) is 5.73 Å². The number of carbonyl (C=O) groups is 1. The predicted molar refractivity (Wildman–Crippen MR) is 76.3 cm³/mol. The number of hydrogen-bond acceptors (Lipinski definition) is 3. The van der Waals surface area contributed by atoms with Crippen LogP contribution >= 0.6 is 0 Å². The van der Waals surface area contributed by atoms with Gasteiger partial charge in [-0.15, -0.1) is 0 Å². The number of benzene rings is 2. The van der Waals surface area contributed by atoms with Gasteiger partial charge in [0.15, 0.2) is 0 Å². The molecule has 4 nitrogen and oxygen atoms in total. The molecule has 0 saturated heterocycles. The molecular formula is C16H14FN3O. The van der Waals surface area contributed by atoms with E-state index < -0.39 is 17.8 Å². The molecule has 0 saturated carbocycles. The van der Waals surface area contributed by atoms with Crippen molar-refractivity contribution in [2.75, 3.05) is 0 Å². The molecule has 0 aliphatic heterocycles. The molecular weight excluding hydrogens is 269 g/mol. The first-order valence-electron chi connectivity index (χ1n) is 6.38. The van der Waals surface area contributed by atoms with Gasteiger partial charge in [-0.2, -0.15) is 5.26 Å². The molecule has 3 N–H and O–H groups in total. The van der Waals surface area contributed by atoms with Crippen molar-refractivity contribution < 1.29 is 9.18 Å². The quantitative estimate of drug-likeness (QED) is 0.881. The third kappa shape index (κ3) is 3.65. The van der Waals surface area contributed by atoms with E-state index in [2.05, 4.69) is 5.32 Å². The molecule has 0 radical (unpaired) electrons. The van der Waals surface area contributed by atoms with Gasteiger partial charge in [0.25, 0.3) is 0 Å². The summed E-state index contributed by atoms with van der Waals surface area (Å²) in [5.41, 5.74) is 6.73. The van der Waals surface area contributed by atoms with E-state index in [0.29, 0.717) is 12.1 Å². The zero-order chi connectivity index (χ0) is 15.2. The number of primary amides is 1. The van der Waals surface area contributed by atoms with E-state index in [-0.39, 0.29) is 5.56 Å². The molecule has 0 heterocycles. The first-order chi connectivity index (χ1) is 10.1. The van der Waals surface area contributed by atoms with E-state index in [1.54, 1.807) is 6.07 Å². The second-order valence-corrected chi connectivity index (χ2v) is 4.55. The van der Waals surface area contributed by atoms with Crippen molar-refractivity contribution >= 4 is 5.91 Å². The first-order valence-corrected chi connectivity index (χ1v) is 6.38. The topological polar surface area (TPSA) is 78.9 Å². The van der Waals surface area contributed by atoms with Crippen LogP contribution in [0.1, 0.15) is 22.7 Å². The standard InChI is InChI=1S/C16H14FN3O/c17-14-7-6-12(8-13(14)9-18)15(16(19)21)20-10-11-4-2-1-3-5-11/h1-8,15,20H,10H2,(H2,19,21). The van der Waals surface area contributed by atoms with E-state index in [1.807, 2.05) is 30.3 Å². The zero-order valence-electron chi connectivity index (χ0n) is 11.2. The number of nitriles is 1. The highest BCUT2D eigenvalue weighted by atomic mass is 19.1. The normalized spacial score (nSPS) is 11.6. The van der Waals surface area contributed by atoms with Gasteiger partial charge in [0.05, 0.1) is 5.56 Å². The molecule has 5 heteroatoms. The minimum absolute atomic E-state index is 0.111. The van der Waals surface area contributed by atoms with Crippen LogP contribution in [0.25, 0.3) is 0 Å². The molecule has 106 valence electrons. The van der Waals surface area contributed by atoms with Gasteiger partial charge in [-0.1, -0.05) is 36.4 Å². The molecule has 2 rings (SSSR count). The molecule has 0 bridgehead atoms. The Balaban J connectivity index is 2.20. The maximum absolute atomic E-state index is 13.3. The monoisotopic (exact) mass is 283 g/mol. The highest BCUT2D eigenvalue weighted by Crippen LogP contribution is 2.17. The lowest BCUT2D eigenvalue weighted by Crippen LogP contribution is -2.33. The fourth-order valence-corrected chi connectivity index (χ4v) is 2.01. The average Bonchev–Trinajstić information content (AvgIpc) is 2.49. The Labute approximate surface area is 122 Å². The molecule has 2 aromatic carbocycles. The maximum Gasteiger partial charge on any atom is 0.239 e. The highest BCUT2D eigenvalue weighted by Gasteiger charge is 2.18. The van der Waals surface area contributed by atoms with Gasteiger partial charge in [0, 0.05) is 6.54 Å². The third-order valence-corrected chi connectivity index (χ3v) is 3.08. The lowest BCUT2D eigenvalue weighted by Gasteiger charge is -2.16. The number of hydrogen-bond donors (Lipinski definition) is 2. The van der Waals surface area contributed by atoms with E-state index in [4.69, 9.17) is 11.0 Å². The van der Waals surface area contributed by atoms with Crippen molar-refractivity contribution in [3.8, 4) is 6.07 Å². The van der Waals surface area contributed by atoms with E-state index in [0.717, 1.165) is 11.6 Å². The van der Waals surface area contributed by atoms with Crippen LogP contribution in [0.5, 0.6) is 0 Å². The Bertz CT molecular complexity index is 680. The Morgan fingerprint density at radius 2 is 2.00 bits per heavy atom.